The van der Waals surface area contributed by atoms with Crippen LogP contribution in [-0.2, 0) is 19.5 Å². The predicted molar refractivity (Wildman–Crippen MR) is 156 cm³/mol. The highest BCUT2D eigenvalue weighted by Gasteiger charge is 2.16. The van der Waals surface area contributed by atoms with E-state index >= 15 is 0 Å². The number of hydrogen-bond donors (Lipinski definition) is 0. The Morgan fingerprint density at radius 2 is 0.886 bits per heavy atom. The highest BCUT2D eigenvalue weighted by Crippen LogP contribution is 2.14. The van der Waals surface area contributed by atoms with Crippen LogP contribution in [0.4, 0.5) is 0 Å². The first-order chi connectivity index (χ1) is 17.3. The van der Waals surface area contributed by atoms with E-state index in [2.05, 4.69) is 42.3 Å². The maximum absolute atomic E-state index is 2.60. The van der Waals surface area contributed by atoms with Crippen molar-refractivity contribution in [3.05, 3.63) is 18.2 Å². The zero-order chi connectivity index (χ0) is 25.2. The first kappa shape index (κ1) is 32.2. The molecule has 0 spiro atoms. The zero-order valence-corrected chi connectivity index (χ0v) is 24.6. The van der Waals surface area contributed by atoms with E-state index in [9.17, 15) is 0 Å². The minimum atomic E-state index is 1.20. The van der Waals surface area contributed by atoms with E-state index in [1.54, 1.807) is 5.82 Å². The van der Waals surface area contributed by atoms with E-state index in [1.165, 1.54) is 174 Å². The summed E-state index contributed by atoms with van der Waals surface area (Å²) in [5.41, 5.74) is 0. The summed E-state index contributed by atoms with van der Waals surface area (Å²) in [5.74, 6) is 1.60. The van der Waals surface area contributed by atoms with Gasteiger partial charge in [-0.05, 0) is 25.7 Å². The molecule has 0 bridgehead atoms. The maximum atomic E-state index is 2.60. The average Bonchev–Trinajstić information content (AvgIpc) is 3.25. The Hall–Kier alpha value is -0.790. The summed E-state index contributed by atoms with van der Waals surface area (Å²) in [5, 5.41) is 0. The van der Waals surface area contributed by atoms with Crippen molar-refractivity contribution in [2.75, 3.05) is 0 Å². The molecule has 35 heavy (non-hydrogen) atoms. The Morgan fingerprint density at radius 1 is 0.486 bits per heavy atom. The van der Waals surface area contributed by atoms with Crippen LogP contribution < -0.4 is 4.57 Å². The van der Waals surface area contributed by atoms with E-state index in [1.807, 2.05) is 0 Å². The minimum absolute atomic E-state index is 1.20. The predicted octanol–water partition coefficient (Wildman–Crippen LogP) is 10.7. The Bertz CT molecular complexity index is 547. The van der Waals surface area contributed by atoms with Crippen LogP contribution in [0.25, 0.3) is 0 Å². The summed E-state index contributed by atoms with van der Waals surface area (Å²) < 4.78 is 5.16. The summed E-state index contributed by atoms with van der Waals surface area (Å²) >= 11 is 0. The van der Waals surface area contributed by atoms with E-state index in [0.29, 0.717) is 0 Å². The standard InChI is InChI=1S/C33H65N2/c1-4-7-10-12-14-16-18-19-20-22-24-26-28-33-34(29-9-6-3)31-32-35(33)30-27-25-23-21-17-15-13-11-8-5-2/h31-32H,4-30H2,1-3H3/q+1. The number of aryl methyl sites for hydroxylation is 2. The molecule has 0 fully saturated rings. The topological polar surface area (TPSA) is 8.81 Å². The second-order valence-corrected chi connectivity index (χ2v) is 11.3. The van der Waals surface area contributed by atoms with Gasteiger partial charge in [-0.25, -0.2) is 9.13 Å². The largest absolute Gasteiger partial charge is 0.256 e. The SMILES string of the molecule is CCCCCCCCCCCCCCc1n(CCCC)cc[n+]1CCCCCCCCCCCC. The number of imidazole rings is 1. The smallest absolute Gasteiger partial charge is 0.234 e. The van der Waals surface area contributed by atoms with Crippen LogP contribution >= 0.6 is 0 Å². The lowest BCUT2D eigenvalue weighted by atomic mass is 10.0. The van der Waals surface area contributed by atoms with E-state index < -0.39 is 0 Å². The summed E-state index contributed by atoms with van der Waals surface area (Å²) in [6.45, 7) is 9.35. The summed E-state index contributed by atoms with van der Waals surface area (Å²) in [4.78, 5) is 0. The van der Waals surface area contributed by atoms with Crippen LogP contribution in [0.3, 0.4) is 0 Å². The number of nitrogens with zero attached hydrogens (tertiary/aromatic N) is 2. The molecule has 0 saturated heterocycles. The van der Waals surface area contributed by atoms with Crippen LogP contribution in [0.1, 0.15) is 181 Å². The van der Waals surface area contributed by atoms with Crippen molar-refractivity contribution < 1.29 is 4.57 Å². The van der Waals surface area contributed by atoms with Crippen molar-refractivity contribution in [3.8, 4) is 0 Å². The third-order valence-electron chi connectivity index (χ3n) is 7.85. The van der Waals surface area contributed by atoms with Crippen molar-refractivity contribution >= 4 is 0 Å². The summed E-state index contributed by atoms with van der Waals surface area (Å²) in [6.07, 6.45) is 40.1. The van der Waals surface area contributed by atoms with Crippen LogP contribution in [0, 0.1) is 0 Å². The molecular weight excluding hydrogens is 424 g/mol. The molecule has 0 aliphatic heterocycles. The van der Waals surface area contributed by atoms with Gasteiger partial charge in [0.1, 0.15) is 12.4 Å². The van der Waals surface area contributed by atoms with Gasteiger partial charge in [0, 0.05) is 6.42 Å². The first-order valence-electron chi connectivity index (χ1n) is 16.4. The Labute approximate surface area is 221 Å². The molecule has 0 saturated carbocycles. The van der Waals surface area contributed by atoms with Gasteiger partial charge in [0.2, 0.25) is 0 Å². The Balaban J connectivity index is 2.18. The molecule has 0 aliphatic carbocycles. The molecule has 0 unspecified atom stereocenters. The normalized spacial score (nSPS) is 11.5. The van der Waals surface area contributed by atoms with Crippen LogP contribution in [-0.4, -0.2) is 4.57 Å². The highest BCUT2D eigenvalue weighted by atomic mass is 15.1. The van der Waals surface area contributed by atoms with Gasteiger partial charge in [-0.1, -0.05) is 149 Å². The number of rotatable bonds is 27. The van der Waals surface area contributed by atoms with Gasteiger partial charge < -0.3 is 0 Å². The molecule has 2 nitrogen and oxygen atoms in total. The second kappa shape index (κ2) is 24.9. The monoisotopic (exact) mass is 490 g/mol. The fraction of sp³-hybridized carbons (Fsp3) is 0.909. The third kappa shape index (κ3) is 18.2. The van der Waals surface area contributed by atoms with Gasteiger partial charge in [0.15, 0.2) is 0 Å². The molecular formula is C33H65N2+. The van der Waals surface area contributed by atoms with Crippen molar-refractivity contribution in [1.29, 1.82) is 0 Å². The van der Waals surface area contributed by atoms with Gasteiger partial charge in [0.25, 0.3) is 5.82 Å². The molecule has 1 rings (SSSR count). The van der Waals surface area contributed by atoms with Gasteiger partial charge >= 0.3 is 0 Å². The summed E-state index contributed by atoms with van der Waals surface area (Å²) in [7, 11) is 0. The van der Waals surface area contributed by atoms with E-state index in [4.69, 9.17) is 0 Å². The zero-order valence-electron chi connectivity index (χ0n) is 24.6. The lowest BCUT2D eigenvalue weighted by Gasteiger charge is -2.07. The van der Waals surface area contributed by atoms with Crippen LogP contribution in [0.15, 0.2) is 12.4 Å². The molecule has 1 heterocycles. The lowest BCUT2D eigenvalue weighted by molar-refractivity contribution is -0.704. The lowest BCUT2D eigenvalue weighted by Crippen LogP contribution is -2.37. The fourth-order valence-electron chi connectivity index (χ4n) is 5.41. The van der Waals surface area contributed by atoms with Crippen molar-refractivity contribution in [2.45, 2.75) is 194 Å². The van der Waals surface area contributed by atoms with Gasteiger partial charge in [0.05, 0.1) is 13.1 Å². The first-order valence-corrected chi connectivity index (χ1v) is 16.4. The molecule has 0 amide bonds. The molecule has 0 atom stereocenters. The highest BCUT2D eigenvalue weighted by molar-refractivity contribution is 4.84. The van der Waals surface area contributed by atoms with Crippen molar-refractivity contribution in [1.82, 2.24) is 4.57 Å². The molecule has 0 N–H and O–H groups in total. The van der Waals surface area contributed by atoms with Gasteiger partial charge in [-0.3, -0.25) is 0 Å². The van der Waals surface area contributed by atoms with Crippen LogP contribution in [0.5, 0.6) is 0 Å². The number of hydrogen-bond acceptors (Lipinski definition) is 0. The molecule has 206 valence electrons. The molecule has 0 aliphatic rings. The van der Waals surface area contributed by atoms with Crippen molar-refractivity contribution in [2.24, 2.45) is 0 Å². The molecule has 0 aromatic carbocycles. The second-order valence-electron chi connectivity index (χ2n) is 11.3. The fourth-order valence-corrected chi connectivity index (χ4v) is 5.41. The average molecular weight is 490 g/mol. The Kier molecular flexibility index (Phi) is 22.9. The molecule has 1 aromatic rings. The Morgan fingerprint density at radius 3 is 1.34 bits per heavy atom. The van der Waals surface area contributed by atoms with Crippen LogP contribution in [0.2, 0.25) is 0 Å². The maximum Gasteiger partial charge on any atom is 0.256 e. The van der Waals surface area contributed by atoms with E-state index in [-0.39, 0.29) is 0 Å². The van der Waals surface area contributed by atoms with Gasteiger partial charge in [-0.15, -0.1) is 0 Å². The minimum Gasteiger partial charge on any atom is -0.234 e. The van der Waals surface area contributed by atoms with Crippen molar-refractivity contribution in [3.63, 3.8) is 0 Å². The number of unbranched alkanes of at least 4 members (excludes halogenated alkanes) is 21. The number of aromatic nitrogens is 2. The quantitative estimate of drug-likeness (QED) is 0.0858. The summed E-state index contributed by atoms with van der Waals surface area (Å²) in [6, 6.07) is 0. The molecule has 1 aromatic heterocycles. The van der Waals surface area contributed by atoms with Gasteiger partial charge in [-0.2, -0.15) is 0 Å². The molecule has 0 radical (unpaired) electrons. The molecule has 2 heteroatoms. The third-order valence-corrected chi connectivity index (χ3v) is 7.85. The van der Waals surface area contributed by atoms with E-state index in [0.717, 1.165) is 0 Å².